The van der Waals surface area contributed by atoms with Crippen molar-refractivity contribution < 1.29 is 22.7 Å². The van der Waals surface area contributed by atoms with Gasteiger partial charge < -0.3 is 9.64 Å². The first-order valence-corrected chi connectivity index (χ1v) is 11.9. The molecule has 7 nitrogen and oxygen atoms in total. The molecule has 0 radical (unpaired) electrons. The highest BCUT2D eigenvalue weighted by Gasteiger charge is 2.34. The van der Waals surface area contributed by atoms with Crippen LogP contribution < -0.4 is 0 Å². The SMILES string of the molecule is CC(=O)N1CSC[C@@H]1C(=O)OCc1csc(-c2ccc(S(C)(=O)=O)cc2)n1. The predicted molar refractivity (Wildman–Crippen MR) is 104 cm³/mol. The average molecular weight is 427 g/mol. The molecular formula is C17H18N2O5S3. The standard InChI is InChI=1S/C17H18N2O5S3/c1-11(20)19-10-25-9-15(19)17(21)24-7-13-8-26-16(18-13)12-3-5-14(6-4-12)27(2,22)23/h3-6,8,15H,7,9-10H2,1-2H3/t15-/m1/s1. The molecule has 2 aromatic rings. The summed E-state index contributed by atoms with van der Waals surface area (Å²) in [5.41, 5.74) is 1.40. The third kappa shape index (κ3) is 4.69. The van der Waals surface area contributed by atoms with Crippen molar-refractivity contribution in [1.82, 2.24) is 9.88 Å². The topological polar surface area (TPSA) is 93.6 Å². The van der Waals surface area contributed by atoms with Crippen LogP contribution in [-0.4, -0.2) is 54.1 Å². The Kier molecular flexibility index (Phi) is 5.87. The van der Waals surface area contributed by atoms with Crippen molar-refractivity contribution in [2.75, 3.05) is 17.9 Å². The largest absolute Gasteiger partial charge is 0.458 e. The maximum Gasteiger partial charge on any atom is 0.330 e. The van der Waals surface area contributed by atoms with Gasteiger partial charge in [0.2, 0.25) is 5.91 Å². The van der Waals surface area contributed by atoms with Crippen molar-refractivity contribution in [3.05, 3.63) is 35.3 Å². The number of thioether (sulfide) groups is 1. The molecular weight excluding hydrogens is 408 g/mol. The number of aromatic nitrogens is 1. The number of sulfone groups is 1. The van der Waals surface area contributed by atoms with Crippen LogP contribution in [0.5, 0.6) is 0 Å². The van der Waals surface area contributed by atoms with Crippen LogP contribution in [0.25, 0.3) is 10.6 Å². The van der Waals surface area contributed by atoms with E-state index in [1.54, 1.807) is 29.6 Å². The highest BCUT2D eigenvalue weighted by atomic mass is 32.2. The number of esters is 1. The van der Waals surface area contributed by atoms with E-state index in [0.29, 0.717) is 22.3 Å². The van der Waals surface area contributed by atoms with Crippen LogP contribution in [0.3, 0.4) is 0 Å². The number of nitrogens with zero attached hydrogens (tertiary/aromatic N) is 2. The fraction of sp³-hybridized carbons (Fsp3) is 0.353. The van der Waals surface area contributed by atoms with Gasteiger partial charge in [0.25, 0.3) is 0 Å². The fourth-order valence-electron chi connectivity index (χ4n) is 2.54. The van der Waals surface area contributed by atoms with E-state index in [2.05, 4.69) is 4.98 Å². The van der Waals surface area contributed by atoms with Crippen LogP contribution in [0.1, 0.15) is 12.6 Å². The van der Waals surface area contributed by atoms with Crippen LogP contribution >= 0.6 is 23.1 Å². The van der Waals surface area contributed by atoms with Crippen molar-refractivity contribution >= 4 is 44.8 Å². The van der Waals surface area contributed by atoms with Crippen LogP contribution in [0.2, 0.25) is 0 Å². The molecule has 144 valence electrons. The van der Waals surface area contributed by atoms with Crippen molar-refractivity contribution in [3.63, 3.8) is 0 Å². The van der Waals surface area contributed by atoms with Crippen molar-refractivity contribution in [2.24, 2.45) is 0 Å². The second-order valence-electron chi connectivity index (χ2n) is 6.05. The van der Waals surface area contributed by atoms with Crippen molar-refractivity contribution in [2.45, 2.75) is 24.5 Å². The van der Waals surface area contributed by atoms with E-state index >= 15 is 0 Å². The van der Waals surface area contributed by atoms with Crippen LogP contribution in [0, 0.1) is 0 Å². The van der Waals surface area contributed by atoms with Gasteiger partial charge in [0.15, 0.2) is 9.84 Å². The number of ether oxygens (including phenoxy) is 1. The van der Waals surface area contributed by atoms with Gasteiger partial charge in [0, 0.05) is 29.9 Å². The van der Waals surface area contributed by atoms with E-state index in [0.717, 1.165) is 11.8 Å². The van der Waals surface area contributed by atoms with Gasteiger partial charge in [-0.3, -0.25) is 4.79 Å². The summed E-state index contributed by atoms with van der Waals surface area (Å²) in [6.07, 6.45) is 1.16. The molecule has 1 atom stereocenters. The minimum atomic E-state index is -3.24. The number of benzene rings is 1. The van der Waals surface area contributed by atoms with Crippen LogP contribution in [0.4, 0.5) is 0 Å². The lowest BCUT2D eigenvalue weighted by Crippen LogP contribution is -2.41. The fourth-order valence-corrected chi connectivity index (χ4v) is 5.18. The number of carbonyl (C=O) groups is 2. The first-order chi connectivity index (χ1) is 12.8. The molecule has 0 saturated carbocycles. The van der Waals surface area contributed by atoms with Gasteiger partial charge in [0.05, 0.1) is 16.5 Å². The Bertz CT molecular complexity index is 953. The molecule has 0 unspecified atom stereocenters. The zero-order valence-electron chi connectivity index (χ0n) is 14.7. The molecule has 1 aromatic carbocycles. The monoisotopic (exact) mass is 426 g/mol. The van der Waals surface area contributed by atoms with Gasteiger partial charge >= 0.3 is 5.97 Å². The number of hydrogen-bond donors (Lipinski definition) is 0. The van der Waals surface area contributed by atoms with E-state index in [1.807, 2.05) is 0 Å². The molecule has 1 aromatic heterocycles. The number of hydrogen-bond acceptors (Lipinski definition) is 8. The first-order valence-electron chi connectivity index (χ1n) is 8.02. The Balaban J connectivity index is 1.63. The number of amides is 1. The summed E-state index contributed by atoms with van der Waals surface area (Å²) in [5, 5.41) is 2.50. The van der Waals surface area contributed by atoms with E-state index in [4.69, 9.17) is 4.74 Å². The summed E-state index contributed by atoms with van der Waals surface area (Å²) in [7, 11) is -3.24. The van der Waals surface area contributed by atoms with Crippen LogP contribution in [0.15, 0.2) is 34.5 Å². The summed E-state index contributed by atoms with van der Waals surface area (Å²) < 4.78 is 28.4. The van der Waals surface area contributed by atoms with Crippen molar-refractivity contribution in [1.29, 1.82) is 0 Å². The summed E-state index contributed by atoms with van der Waals surface area (Å²) in [5.74, 6) is 0.463. The quantitative estimate of drug-likeness (QED) is 0.677. The molecule has 3 rings (SSSR count). The van der Waals surface area contributed by atoms with Crippen LogP contribution in [-0.2, 0) is 30.8 Å². The first kappa shape index (κ1) is 19.8. The number of thiazole rings is 1. The minimum Gasteiger partial charge on any atom is -0.458 e. The highest BCUT2D eigenvalue weighted by molar-refractivity contribution is 7.99. The maximum absolute atomic E-state index is 12.2. The smallest absolute Gasteiger partial charge is 0.330 e. The molecule has 0 aliphatic carbocycles. The summed E-state index contributed by atoms with van der Waals surface area (Å²) >= 11 is 2.91. The van der Waals surface area contributed by atoms with Gasteiger partial charge in [0.1, 0.15) is 17.7 Å². The molecule has 0 N–H and O–H groups in total. The lowest BCUT2D eigenvalue weighted by Gasteiger charge is -2.20. The molecule has 0 spiro atoms. The van der Waals surface area contributed by atoms with Gasteiger partial charge in [-0.2, -0.15) is 0 Å². The Morgan fingerprint density at radius 1 is 1.30 bits per heavy atom. The maximum atomic E-state index is 12.2. The van der Waals surface area contributed by atoms with Gasteiger partial charge in [-0.15, -0.1) is 23.1 Å². The molecule has 2 heterocycles. The number of rotatable bonds is 5. The van der Waals surface area contributed by atoms with Gasteiger partial charge in [-0.25, -0.2) is 18.2 Å². The number of carbonyl (C=O) groups excluding carboxylic acids is 2. The zero-order chi connectivity index (χ0) is 19.6. The Morgan fingerprint density at radius 3 is 2.63 bits per heavy atom. The van der Waals surface area contributed by atoms with E-state index < -0.39 is 21.8 Å². The lowest BCUT2D eigenvalue weighted by atomic mass is 10.2. The van der Waals surface area contributed by atoms with Gasteiger partial charge in [-0.1, -0.05) is 12.1 Å². The molecule has 10 heteroatoms. The third-order valence-corrected chi connectivity index (χ3v) is 7.08. The normalized spacial score (nSPS) is 17.1. The molecule has 27 heavy (non-hydrogen) atoms. The Labute approximate surface area is 165 Å². The van der Waals surface area contributed by atoms with E-state index in [1.165, 1.54) is 34.9 Å². The predicted octanol–water partition coefficient (Wildman–Crippen LogP) is 2.18. The minimum absolute atomic E-state index is 0.0314. The summed E-state index contributed by atoms with van der Waals surface area (Å²) in [6.45, 7) is 1.47. The lowest BCUT2D eigenvalue weighted by molar-refractivity contribution is -0.153. The molecule has 1 fully saturated rings. The molecule has 1 saturated heterocycles. The second kappa shape index (κ2) is 7.99. The molecule has 1 aliphatic rings. The van der Waals surface area contributed by atoms with E-state index in [9.17, 15) is 18.0 Å². The van der Waals surface area contributed by atoms with E-state index in [-0.39, 0.29) is 17.4 Å². The summed E-state index contributed by atoms with van der Waals surface area (Å²) in [4.78, 5) is 30.0. The highest BCUT2D eigenvalue weighted by Crippen LogP contribution is 2.26. The average Bonchev–Trinajstić information content (AvgIpc) is 3.28. The zero-order valence-corrected chi connectivity index (χ0v) is 17.2. The third-order valence-electron chi connectivity index (χ3n) is 4.00. The molecule has 1 aliphatic heterocycles. The Hall–Kier alpha value is -1.91. The Morgan fingerprint density at radius 2 is 2.00 bits per heavy atom. The molecule has 0 bridgehead atoms. The van der Waals surface area contributed by atoms with Crippen molar-refractivity contribution in [3.8, 4) is 10.6 Å². The van der Waals surface area contributed by atoms with Gasteiger partial charge in [-0.05, 0) is 12.1 Å². The summed E-state index contributed by atoms with van der Waals surface area (Å²) in [6, 6.07) is 5.94. The molecule has 1 amide bonds. The second-order valence-corrected chi connectivity index (χ2v) is 9.93.